The van der Waals surface area contributed by atoms with Crippen molar-refractivity contribution in [2.45, 2.75) is 10.6 Å². The summed E-state index contributed by atoms with van der Waals surface area (Å²) in [4.78, 5) is 51.5. The Morgan fingerprint density at radius 2 is 1.19 bits per heavy atom. The van der Waals surface area contributed by atoms with Gasteiger partial charge in [-0.2, -0.15) is 0 Å². The minimum absolute atomic E-state index is 0.0872. The van der Waals surface area contributed by atoms with Crippen LogP contribution in [0.3, 0.4) is 0 Å². The molecular formula is C28H19BrO8. The summed E-state index contributed by atoms with van der Waals surface area (Å²) in [6.07, 6.45) is -1.16. The van der Waals surface area contributed by atoms with Gasteiger partial charge in [0.25, 0.3) is 4.51 Å². The van der Waals surface area contributed by atoms with E-state index in [-0.39, 0.29) is 16.7 Å². The fourth-order valence-electron chi connectivity index (χ4n) is 3.70. The lowest BCUT2D eigenvalue weighted by Gasteiger charge is -2.37. The Morgan fingerprint density at radius 3 is 1.68 bits per heavy atom. The van der Waals surface area contributed by atoms with E-state index in [1.165, 1.54) is 36.4 Å². The van der Waals surface area contributed by atoms with Crippen LogP contribution < -0.4 is 0 Å². The molecule has 0 aromatic heterocycles. The number of rotatable bonds is 6. The third-order valence-electron chi connectivity index (χ3n) is 5.52. The smallest absolute Gasteiger partial charge is 0.340 e. The number of hydrogen-bond donors (Lipinski definition) is 2. The van der Waals surface area contributed by atoms with Crippen LogP contribution in [0.1, 0.15) is 26.3 Å². The van der Waals surface area contributed by atoms with Gasteiger partial charge >= 0.3 is 17.9 Å². The number of carboxylic acids is 1. The monoisotopic (exact) mass is 562 g/mol. The molecule has 2 atom stereocenters. The van der Waals surface area contributed by atoms with Crippen LogP contribution in [0.2, 0.25) is 0 Å². The molecule has 0 aliphatic heterocycles. The van der Waals surface area contributed by atoms with Crippen molar-refractivity contribution in [1.82, 2.24) is 0 Å². The molecule has 0 saturated carbocycles. The topological polar surface area (TPSA) is 127 Å². The van der Waals surface area contributed by atoms with E-state index in [9.17, 15) is 29.4 Å². The number of esters is 2. The highest BCUT2D eigenvalue weighted by Crippen LogP contribution is 2.43. The second-order valence-electron chi connectivity index (χ2n) is 7.91. The molecule has 0 radical (unpaired) electrons. The van der Waals surface area contributed by atoms with E-state index >= 15 is 0 Å². The molecule has 3 aromatic rings. The number of ether oxygens (including phenoxy) is 2. The Morgan fingerprint density at radius 1 is 0.730 bits per heavy atom. The highest BCUT2D eigenvalue weighted by Gasteiger charge is 2.56. The summed E-state index contributed by atoms with van der Waals surface area (Å²) in [5.74, 6) is -5.03. The van der Waals surface area contributed by atoms with Crippen molar-refractivity contribution in [2.75, 3.05) is 0 Å². The molecule has 0 fully saturated rings. The van der Waals surface area contributed by atoms with Crippen molar-refractivity contribution >= 4 is 45.4 Å². The summed E-state index contributed by atoms with van der Waals surface area (Å²) in [6.45, 7) is 0. The van der Waals surface area contributed by atoms with Gasteiger partial charge in [0.05, 0.1) is 22.3 Å². The zero-order chi connectivity index (χ0) is 26.6. The summed E-state index contributed by atoms with van der Waals surface area (Å²) in [5, 5.41) is 21.1. The molecular weight excluding hydrogens is 544 g/mol. The number of carbonyl (C=O) groups is 4. The predicted molar refractivity (Wildman–Crippen MR) is 136 cm³/mol. The van der Waals surface area contributed by atoms with Crippen LogP contribution >= 0.6 is 15.9 Å². The number of aliphatic hydroxyl groups is 1. The quantitative estimate of drug-likeness (QED) is 0.251. The van der Waals surface area contributed by atoms with E-state index in [4.69, 9.17) is 9.47 Å². The van der Waals surface area contributed by atoms with Crippen LogP contribution in [-0.4, -0.2) is 44.5 Å². The highest BCUT2D eigenvalue weighted by molar-refractivity contribution is 9.10. The van der Waals surface area contributed by atoms with Crippen LogP contribution in [0, 0.1) is 0 Å². The maximum Gasteiger partial charge on any atom is 0.340 e. The molecule has 0 amide bonds. The van der Waals surface area contributed by atoms with Gasteiger partial charge in [0.1, 0.15) is 5.76 Å². The lowest BCUT2D eigenvalue weighted by Crippen LogP contribution is -2.53. The van der Waals surface area contributed by atoms with Crippen LogP contribution in [0.4, 0.5) is 0 Å². The van der Waals surface area contributed by atoms with Gasteiger partial charge in [-0.3, -0.25) is 4.79 Å². The summed E-state index contributed by atoms with van der Waals surface area (Å²) in [7, 11) is 0. The Labute approximate surface area is 219 Å². The molecule has 0 heterocycles. The van der Waals surface area contributed by atoms with E-state index < -0.39 is 51.2 Å². The van der Waals surface area contributed by atoms with Gasteiger partial charge in [-0.05, 0) is 40.2 Å². The van der Waals surface area contributed by atoms with Crippen LogP contribution in [0.15, 0.2) is 108 Å². The van der Waals surface area contributed by atoms with E-state index in [0.717, 1.165) is 6.08 Å². The van der Waals surface area contributed by atoms with Crippen molar-refractivity contribution in [3.63, 3.8) is 0 Å². The molecule has 0 saturated heterocycles. The average Bonchev–Trinajstić information content (AvgIpc) is 2.92. The summed E-state index contributed by atoms with van der Waals surface area (Å²) in [6, 6.07) is 23.4. The second kappa shape index (κ2) is 10.6. The standard InChI is InChI=1S/C28H19BrO8/c29-28(37-27(35)19-14-8-3-9-15-19)21(30)16-20(25(32)33)22(23(31)17-10-4-1-5-11-17)24(28)36-26(34)18-12-6-2-7-13-18/h1-16,24,31H,(H,32,33). The number of aliphatic carboxylic acids is 1. The Bertz CT molecular complexity index is 1410. The molecule has 186 valence electrons. The van der Waals surface area contributed by atoms with Crippen molar-refractivity contribution in [3.8, 4) is 0 Å². The molecule has 1 aliphatic rings. The maximum absolute atomic E-state index is 13.3. The van der Waals surface area contributed by atoms with E-state index in [2.05, 4.69) is 15.9 Å². The SMILES string of the molecule is O=C(O)C1=CC(=O)C(Br)(OC(=O)c2ccccc2)C(OC(=O)c2ccccc2)C1=C(O)c1ccccc1. The van der Waals surface area contributed by atoms with E-state index in [1.807, 2.05) is 0 Å². The minimum atomic E-state index is -2.39. The molecule has 1 aliphatic carbocycles. The van der Waals surface area contributed by atoms with Crippen molar-refractivity contribution in [3.05, 3.63) is 125 Å². The highest BCUT2D eigenvalue weighted by atomic mass is 79.9. The first kappa shape index (κ1) is 25.6. The van der Waals surface area contributed by atoms with Gasteiger partial charge in [-0.25, -0.2) is 14.4 Å². The third-order valence-corrected chi connectivity index (χ3v) is 6.49. The minimum Gasteiger partial charge on any atom is -0.507 e. The number of carboxylic acid groups (broad SMARTS) is 1. The molecule has 2 unspecified atom stereocenters. The Balaban J connectivity index is 1.90. The number of ketones is 1. The molecule has 0 bridgehead atoms. The van der Waals surface area contributed by atoms with Crippen molar-refractivity contribution in [2.24, 2.45) is 0 Å². The number of alkyl halides is 1. The van der Waals surface area contributed by atoms with Crippen molar-refractivity contribution < 1.29 is 38.9 Å². The molecule has 3 aromatic carbocycles. The second-order valence-corrected chi connectivity index (χ2v) is 9.09. The first-order valence-electron chi connectivity index (χ1n) is 10.9. The molecule has 0 spiro atoms. The van der Waals surface area contributed by atoms with Gasteiger partial charge < -0.3 is 19.7 Å². The molecule has 4 rings (SSSR count). The van der Waals surface area contributed by atoms with Crippen LogP contribution in [0.5, 0.6) is 0 Å². The first-order valence-corrected chi connectivity index (χ1v) is 11.7. The summed E-state index contributed by atoms with van der Waals surface area (Å²) < 4.78 is 8.78. The zero-order valence-electron chi connectivity index (χ0n) is 19.0. The molecule has 37 heavy (non-hydrogen) atoms. The Kier molecular flexibility index (Phi) is 7.35. The number of halogens is 1. The molecule has 8 nitrogen and oxygen atoms in total. The lowest BCUT2D eigenvalue weighted by atomic mass is 9.85. The van der Waals surface area contributed by atoms with Gasteiger partial charge in [0.15, 0.2) is 6.10 Å². The Hall–Kier alpha value is -4.50. The van der Waals surface area contributed by atoms with Gasteiger partial charge in [-0.15, -0.1) is 0 Å². The summed E-state index contributed by atoms with van der Waals surface area (Å²) in [5.41, 5.74) is -0.690. The van der Waals surface area contributed by atoms with E-state index in [1.54, 1.807) is 54.6 Å². The number of hydrogen-bond acceptors (Lipinski definition) is 7. The van der Waals surface area contributed by atoms with Crippen LogP contribution in [-0.2, 0) is 19.1 Å². The zero-order valence-corrected chi connectivity index (χ0v) is 20.6. The first-order chi connectivity index (χ1) is 17.7. The molecule has 2 N–H and O–H groups in total. The fourth-order valence-corrected chi connectivity index (χ4v) is 4.28. The average molecular weight is 563 g/mol. The van der Waals surface area contributed by atoms with Gasteiger partial charge in [-0.1, -0.05) is 66.7 Å². The maximum atomic E-state index is 13.3. The van der Waals surface area contributed by atoms with Gasteiger partial charge in [0.2, 0.25) is 5.78 Å². The van der Waals surface area contributed by atoms with E-state index in [0.29, 0.717) is 0 Å². The fraction of sp³-hybridized carbons (Fsp3) is 0.0714. The third kappa shape index (κ3) is 5.22. The van der Waals surface area contributed by atoms with Crippen molar-refractivity contribution in [1.29, 1.82) is 0 Å². The predicted octanol–water partition coefficient (Wildman–Crippen LogP) is 4.72. The number of aliphatic hydroxyl groups excluding tert-OH is 1. The van der Waals surface area contributed by atoms with Gasteiger partial charge in [0, 0.05) is 11.6 Å². The number of carbonyl (C=O) groups excluding carboxylic acids is 3. The largest absolute Gasteiger partial charge is 0.507 e. The number of benzene rings is 3. The normalized spacial score (nSPS) is 20.4. The summed E-state index contributed by atoms with van der Waals surface area (Å²) >= 11 is 3.13. The lowest BCUT2D eigenvalue weighted by molar-refractivity contribution is -0.136. The van der Waals surface area contributed by atoms with Crippen LogP contribution in [0.25, 0.3) is 5.76 Å². The molecule has 9 heteroatoms.